The van der Waals surface area contributed by atoms with Crippen molar-refractivity contribution in [2.75, 3.05) is 14.1 Å². The highest BCUT2D eigenvalue weighted by Gasteiger charge is 2.48. The van der Waals surface area contributed by atoms with Crippen LogP contribution in [-0.4, -0.2) is 43.8 Å². The number of allylic oxidation sites excluding steroid dienone is 2. The molecule has 1 aliphatic carbocycles. The van der Waals surface area contributed by atoms with Crippen LogP contribution in [0.1, 0.15) is 46.2 Å². The van der Waals surface area contributed by atoms with Crippen LogP contribution in [0.4, 0.5) is 0 Å². The van der Waals surface area contributed by atoms with E-state index in [0.717, 1.165) is 0 Å². The van der Waals surface area contributed by atoms with Crippen LogP contribution in [0.25, 0.3) is 11.4 Å². The van der Waals surface area contributed by atoms with E-state index in [4.69, 9.17) is 0 Å². The van der Waals surface area contributed by atoms with Crippen LogP contribution in [0.3, 0.4) is 0 Å². The van der Waals surface area contributed by atoms with Gasteiger partial charge in [-0.1, -0.05) is 0 Å². The molecule has 32 heavy (non-hydrogen) atoms. The van der Waals surface area contributed by atoms with Gasteiger partial charge in [0.25, 0.3) is 0 Å². The number of rotatable bonds is 0. The molecule has 0 bridgehead atoms. The van der Waals surface area contributed by atoms with Gasteiger partial charge < -0.3 is 9.80 Å². The smallest absolute Gasteiger partial charge is 0.177 e. The van der Waals surface area contributed by atoms with Gasteiger partial charge in [0.2, 0.25) is 0 Å². The molecule has 12 heteroatoms. The van der Waals surface area contributed by atoms with Crippen molar-refractivity contribution in [2.24, 2.45) is 0 Å². The Morgan fingerprint density at radius 3 is 1.12 bits per heavy atom. The summed E-state index contributed by atoms with van der Waals surface area (Å²) < 4.78 is 0. The molecule has 0 saturated carbocycles. The van der Waals surface area contributed by atoms with E-state index in [1.165, 1.54) is 9.80 Å². The van der Waals surface area contributed by atoms with Crippen LogP contribution in [0, 0.1) is 68.0 Å². The largest absolute Gasteiger partial charge is 0.353 e. The molecule has 1 aliphatic heterocycles. The predicted octanol–water partition coefficient (Wildman–Crippen LogP) is 0.652. The average Bonchev–Trinajstić information content (AvgIpc) is 2.83. The quantitative estimate of drug-likeness (QED) is 0.581. The lowest BCUT2D eigenvalue weighted by Gasteiger charge is -2.47. The van der Waals surface area contributed by atoms with Crippen molar-refractivity contribution in [3.63, 3.8) is 0 Å². The highest BCUT2D eigenvalue weighted by molar-refractivity contribution is 5.68. The van der Waals surface area contributed by atoms with Crippen LogP contribution in [0.5, 0.6) is 0 Å². The molecule has 0 spiro atoms. The third-order valence-corrected chi connectivity index (χ3v) is 5.33. The Balaban J connectivity index is 2.18. The van der Waals surface area contributed by atoms with Crippen LogP contribution in [0.2, 0.25) is 0 Å². The van der Waals surface area contributed by atoms with Gasteiger partial charge in [0.05, 0.1) is 11.4 Å². The molecule has 0 saturated heterocycles. The molecule has 0 radical (unpaired) electrons. The summed E-state index contributed by atoms with van der Waals surface area (Å²) in [4.78, 5) is 20.3. The van der Waals surface area contributed by atoms with E-state index < -0.39 is 12.1 Å². The van der Waals surface area contributed by atoms with Crippen LogP contribution < -0.4 is 0 Å². The minimum atomic E-state index is -0.740. The van der Waals surface area contributed by atoms with Gasteiger partial charge in [0, 0.05) is 14.1 Å². The van der Waals surface area contributed by atoms with Crippen LogP contribution in [0.15, 0.2) is 11.4 Å². The Morgan fingerprint density at radius 2 is 0.844 bits per heavy atom. The van der Waals surface area contributed by atoms with Crippen molar-refractivity contribution >= 4 is 0 Å². The molecule has 12 nitrogen and oxygen atoms in total. The highest BCUT2D eigenvalue weighted by Crippen LogP contribution is 2.51. The Morgan fingerprint density at radius 1 is 0.531 bits per heavy atom. The first-order chi connectivity index (χ1) is 15.4. The number of hydrogen-bond acceptors (Lipinski definition) is 12. The number of likely N-dealkylation sites (N-methyl/N-ethyl adjacent to an activating group) is 2. The van der Waals surface area contributed by atoms with Crippen molar-refractivity contribution in [3.8, 4) is 47.8 Å². The third-order valence-electron chi connectivity index (χ3n) is 5.33. The standard InChI is InChI=1S/C20H8N12/c1-31-13(7-25)14(8-26)32(2)20-18-16(28-10(4-22)12(6-24)30-18)15-17(19(20)31)29-11(5-23)9(3-21)27-15/h19-20H,1-2H3. The second-order valence-electron chi connectivity index (χ2n) is 6.79. The van der Waals surface area contributed by atoms with Gasteiger partial charge in [-0.25, -0.2) is 19.9 Å². The maximum Gasteiger partial charge on any atom is 0.177 e. The summed E-state index contributed by atoms with van der Waals surface area (Å²) in [5.74, 6) is 0. The SMILES string of the molecule is CN1C(C#N)=C(C#N)N(C)C2c3nc(C#N)c(C#N)nc3-c3nc(C#N)c(C#N)nc3C21. The van der Waals surface area contributed by atoms with E-state index in [2.05, 4.69) is 19.9 Å². The third kappa shape index (κ3) is 2.42. The number of fused-ring (bicyclic) bond motifs is 6. The molecular weight excluding hydrogens is 408 g/mol. The summed E-state index contributed by atoms with van der Waals surface area (Å²) in [6.07, 6.45) is 0. The number of nitrogens with zero attached hydrogens (tertiary/aromatic N) is 12. The van der Waals surface area contributed by atoms with Crippen molar-refractivity contribution in [1.82, 2.24) is 29.7 Å². The summed E-state index contributed by atoms with van der Waals surface area (Å²) in [5, 5.41) is 57.1. The predicted molar refractivity (Wildman–Crippen MR) is 101 cm³/mol. The molecule has 0 fully saturated rings. The second-order valence-corrected chi connectivity index (χ2v) is 6.79. The van der Waals surface area contributed by atoms with Crippen molar-refractivity contribution < 1.29 is 0 Å². The van der Waals surface area contributed by atoms with Gasteiger partial charge in [-0.05, 0) is 0 Å². The summed E-state index contributed by atoms with van der Waals surface area (Å²) >= 11 is 0. The van der Waals surface area contributed by atoms with Crippen LogP contribution >= 0.6 is 0 Å². The maximum absolute atomic E-state index is 9.68. The van der Waals surface area contributed by atoms with Crippen LogP contribution in [-0.2, 0) is 0 Å². The molecule has 0 N–H and O–H groups in total. The molecule has 2 atom stereocenters. The molecule has 3 heterocycles. The lowest BCUT2D eigenvalue weighted by molar-refractivity contribution is 0.127. The lowest BCUT2D eigenvalue weighted by atomic mass is 9.85. The summed E-state index contributed by atoms with van der Waals surface area (Å²) in [6.45, 7) is 0. The van der Waals surface area contributed by atoms with E-state index in [9.17, 15) is 31.6 Å². The van der Waals surface area contributed by atoms with Crippen molar-refractivity contribution in [3.05, 3.63) is 45.6 Å². The monoisotopic (exact) mass is 416 g/mol. The molecular formula is C20H8N12. The lowest BCUT2D eigenvalue weighted by Crippen LogP contribution is -2.46. The minimum Gasteiger partial charge on any atom is -0.353 e. The van der Waals surface area contributed by atoms with Gasteiger partial charge in [0.1, 0.15) is 59.9 Å². The molecule has 0 aromatic carbocycles. The average molecular weight is 416 g/mol. The van der Waals surface area contributed by atoms with Gasteiger partial charge in [0.15, 0.2) is 34.2 Å². The van der Waals surface area contributed by atoms with E-state index in [1.54, 1.807) is 14.1 Å². The number of hydrogen-bond donors (Lipinski definition) is 0. The fourth-order valence-electron chi connectivity index (χ4n) is 3.93. The van der Waals surface area contributed by atoms with Gasteiger partial charge in [-0.3, -0.25) is 0 Å². The fraction of sp³-hybridized carbons (Fsp3) is 0.200. The Kier molecular flexibility index (Phi) is 4.35. The van der Waals surface area contributed by atoms with Gasteiger partial charge in [-0.15, -0.1) is 0 Å². The Labute approximate surface area is 181 Å². The topological polar surface area (TPSA) is 201 Å². The van der Waals surface area contributed by atoms with E-state index in [1.807, 2.05) is 36.4 Å². The Bertz CT molecular complexity index is 1380. The first kappa shape index (κ1) is 19.7. The molecule has 2 unspecified atom stereocenters. The second kappa shape index (κ2) is 7.05. The first-order valence-electron chi connectivity index (χ1n) is 8.90. The zero-order chi connectivity index (χ0) is 23.2. The number of nitriles is 6. The molecule has 0 amide bonds. The zero-order valence-electron chi connectivity index (χ0n) is 16.5. The molecule has 2 aliphatic rings. The van der Waals surface area contributed by atoms with Gasteiger partial charge >= 0.3 is 0 Å². The summed E-state index contributed by atoms with van der Waals surface area (Å²) in [5.41, 5.74) is -0.0523. The zero-order valence-corrected chi connectivity index (χ0v) is 16.5. The summed E-state index contributed by atoms with van der Waals surface area (Å²) in [7, 11) is 3.17. The summed E-state index contributed by atoms with van der Waals surface area (Å²) in [6, 6.07) is 9.85. The normalized spacial score (nSPS) is 17.9. The highest BCUT2D eigenvalue weighted by atomic mass is 15.3. The molecule has 148 valence electrons. The Hall–Kier alpha value is -5.56. The minimum absolute atomic E-state index is 0.0671. The van der Waals surface area contributed by atoms with Crippen molar-refractivity contribution in [1.29, 1.82) is 31.6 Å². The molecule has 2 aromatic rings. The van der Waals surface area contributed by atoms with Crippen molar-refractivity contribution in [2.45, 2.75) is 12.1 Å². The van der Waals surface area contributed by atoms with E-state index >= 15 is 0 Å². The first-order valence-corrected chi connectivity index (χ1v) is 8.90. The maximum atomic E-state index is 9.68. The molecule has 4 rings (SSSR count). The van der Waals surface area contributed by atoms with Gasteiger partial charge in [-0.2, -0.15) is 31.6 Å². The molecule has 2 aromatic heterocycles. The van der Waals surface area contributed by atoms with E-state index in [-0.39, 0.29) is 56.9 Å². The fourth-order valence-corrected chi connectivity index (χ4v) is 3.93. The number of aromatic nitrogens is 4. The van der Waals surface area contributed by atoms with E-state index in [0.29, 0.717) is 0 Å².